The number of Topliss-reactive ketones (excluding diaryl/α,β-unsaturated/α-hetero) is 1. The van der Waals surface area contributed by atoms with Crippen LogP contribution in [0.25, 0.3) is 0 Å². The predicted octanol–water partition coefficient (Wildman–Crippen LogP) is 2.70. The predicted molar refractivity (Wildman–Crippen MR) is 81.8 cm³/mol. The maximum absolute atomic E-state index is 12.0. The highest BCUT2D eigenvalue weighted by molar-refractivity contribution is 7.12. The summed E-state index contributed by atoms with van der Waals surface area (Å²) in [5.41, 5.74) is 0.698. The average Bonchev–Trinajstić information content (AvgIpc) is 2.72. The van der Waals surface area contributed by atoms with Gasteiger partial charge in [-0.2, -0.15) is 0 Å². The fraction of sp³-hybridized carbons (Fsp3) is 0.533. The third-order valence-corrected chi connectivity index (χ3v) is 4.09. The molecule has 2 N–H and O–H groups in total. The van der Waals surface area contributed by atoms with Gasteiger partial charge in [-0.15, -0.1) is 11.3 Å². The molecule has 1 atom stereocenters. The van der Waals surface area contributed by atoms with Gasteiger partial charge in [0.25, 0.3) is 0 Å². The number of rotatable bonds is 8. The van der Waals surface area contributed by atoms with Crippen molar-refractivity contribution in [1.82, 2.24) is 5.32 Å². The van der Waals surface area contributed by atoms with Crippen LogP contribution in [0.15, 0.2) is 6.07 Å². The van der Waals surface area contributed by atoms with Crippen molar-refractivity contribution in [3.63, 3.8) is 0 Å². The second-order valence-electron chi connectivity index (χ2n) is 5.15. The highest BCUT2D eigenvalue weighted by atomic mass is 32.1. The lowest BCUT2D eigenvalue weighted by molar-refractivity contribution is -0.137. The molecule has 0 bridgehead atoms. The van der Waals surface area contributed by atoms with Crippen molar-refractivity contribution in [3.8, 4) is 0 Å². The van der Waals surface area contributed by atoms with Crippen molar-refractivity contribution in [2.24, 2.45) is 0 Å². The number of nitrogens with one attached hydrogen (secondary N) is 1. The van der Waals surface area contributed by atoms with Crippen molar-refractivity contribution in [3.05, 3.63) is 21.4 Å². The van der Waals surface area contributed by atoms with Crippen molar-refractivity contribution < 1.29 is 19.5 Å². The molecule has 116 valence electrons. The molecule has 0 fully saturated rings. The number of hydrogen-bond donors (Lipinski definition) is 2. The van der Waals surface area contributed by atoms with Crippen LogP contribution >= 0.6 is 11.3 Å². The number of aryl methyl sites for hydroxylation is 2. The first kappa shape index (κ1) is 17.4. The summed E-state index contributed by atoms with van der Waals surface area (Å²) in [6.07, 6.45) is 0.713. The Kier molecular flexibility index (Phi) is 6.55. The molecule has 0 saturated carbocycles. The van der Waals surface area contributed by atoms with Gasteiger partial charge in [0.15, 0.2) is 5.78 Å². The number of carboxylic acids is 1. The largest absolute Gasteiger partial charge is 0.481 e. The number of carboxylic acid groups (broad SMARTS) is 1. The Hall–Kier alpha value is -1.69. The van der Waals surface area contributed by atoms with Crippen molar-refractivity contribution >= 4 is 29.0 Å². The standard InChI is InChI=1S/C15H21NO4S/c1-9(4-7-15(19)20)16-14(18)6-5-13(17)12-8-10(2)21-11(12)3/h8-9H,4-7H2,1-3H3,(H,16,18)(H,19,20). The summed E-state index contributed by atoms with van der Waals surface area (Å²) in [6, 6.07) is 1.66. The molecule has 0 aromatic carbocycles. The highest BCUT2D eigenvalue weighted by Gasteiger charge is 2.15. The zero-order valence-corrected chi connectivity index (χ0v) is 13.4. The summed E-state index contributed by atoms with van der Waals surface area (Å²) >= 11 is 1.57. The van der Waals surface area contributed by atoms with Gasteiger partial charge < -0.3 is 10.4 Å². The normalized spacial score (nSPS) is 12.0. The molecule has 0 saturated heterocycles. The monoisotopic (exact) mass is 311 g/mol. The SMILES string of the molecule is Cc1cc(C(=O)CCC(=O)NC(C)CCC(=O)O)c(C)s1. The highest BCUT2D eigenvalue weighted by Crippen LogP contribution is 2.22. The van der Waals surface area contributed by atoms with Crippen molar-refractivity contribution in [2.75, 3.05) is 0 Å². The maximum Gasteiger partial charge on any atom is 0.303 e. The molecule has 0 aliphatic carbocycles. The van der Waals surface area contributed by atoms with E-state index in [-0.39, 0.29) is 37.0 Å². The number of carbonyl (C=O) groups excluding carboxylic acids is 2. The first-order chi connectivity index (χ1) is 9.79. The molecule has 21 heavy (non-hydrogen) atoms. The van der Waals surface area contributed by atoms with Crippen LogP contribution in [0.1, 0.15) is 52.7 Å². The molecule has 1 amide bonds. The zero-order valence-electron chi connectivity index (χ0n) is 12.6. The van der Waals surface area contributed by atoms with E-state index in [0.29, 0.717) is 12.0 Å². The molecule has 1 unspecified atom stereocenters. The maximum atomic E-state index is 12.0. The summed E-state index contributed by atoms with van der Waals surface area (Å²) in [5, 5.41) is 11.3. The smallest absolute Gasteiger partial charge is 0.303 e. The van der Waals surface area contributed by atoms with Gasteiger partial charge >= 0.3 is 5.97 Å². The second kappa shape index (κ2) is 7.93. The van der Waals surface area contributed by atoms with E-state index in [4.69, 9.17) is 5.11 Å². The van der Waals surface area contributed by atoms with E-state index in [2.05, 4.69) is 5.32 Å². The van der Waals surface area contributed by atoms with Gasteiger partial charge in [0.05, 0.1) is 0 Å². The van der Waals surface area contributed by atoms with E-state index in [9.17, 15) is 14.4 Å². The molecule has 1 aromatic heterocycles. The summed E-state index contributed by atoms with van der Waals surface area (Å²) in [5.74, 6) is -1.12. The minimum Gasteiger partial charge on any atom is -0.481 e. The van der Waals surface area contributed by atoms with Crippen LogP contribution in [-0.2, 0) is 9.59 Å². The number of carbonyl (C=O) groups is 3. The fourth-order valence-electron chi connectivity index (χ4n) is 2.03. The molecule has 0 aliphatic heterocycles. The van der Waals surface area contributed by atoms with Crippen LogP contribution in [-0.4, -0.2) is 28.8 Å². The van der Waals surface area contributed by atoms with Crippen LogP contribution < -0.4 is 5.32 Å². The van der Waals surface area contributed by atoms with Crippen LogP contribution in [0.3, 0.4) is 0 Å². The third-order valence-electron chi connectivity index (χ3n) is 3.12. The summed E-state index contributed by atoms with van der Waals surface area (Å²) in [6.45, 7) is 5.61. The molecular weight excluding hydrogens is 290 g/mol. The summed E-state index contributed by atoms with van der Waals surface area (Å²) in [4.78, 5) is 36.3. The topological polar surface area (TPSA) is 83.5 Å². The molecule has 6 heteroatoms. The Morgan fingerprint density at radius 2 is 1.90 bits per heavy atom. The van der Waals surface area contributed by atoms with Crippen LogP contribution in [0.2, 0.25) is 0 Å². The molecular formula is C15H21NO4S. The average molecular weight is 311 g/mol. The minimum absolute atomic E-state index is 0.0216. The van der Waals surface area contributed by atoms with Gasteiger partial charge in [-0.1, -0.05) is 0 Å². The van der Waals surface area contributed by atoms with Crippen LogP contribution in [0.5, 0.6) is 0 Å². The molecule has 0 aliphatic rings. The van der Waals surface area contributed by atoms with Crippen molar-refractivity contribution in [2.45, 2.75) is 52.5 Å². The lowest BCUT2D eigenvalue weighted by atomic mass is 10.1. The first-order valence-electron chi connectivity index (χ1n) is 6.91. The van der Waals surface area contributed by atoms with Crippen LogP contribution in [0.4, 0.5) is 0 Å². The Morgan fingerprint density at radius 1 is 1.24 bits per heavy atom. The van der Waals surface area contributed by atoms with Gasteiger partial charge in [0, 0.05) is 40.6 Å². The lowest BCUT2D eigenvalue weighted by Crippen LogP contribution is -2.33. The van der Waals surface area contributed by atoms with Gasteiger partial charge in [0.1, 0.15) is 0 Å². The quantitative estimate of drug-likeness (QED) is 0.723. The van der Waals surface area contributed by atoms with Gasteiger partial charge in [-0.05, 0) is 33.3 Å². The van der Waals surface area contributed by atoms with E-state index in [1.54, 1.807) is 18.3 Å². The number of amides is 1. The number of aliphatic carboxylic acids is 1. The zero-order chi connectivity index (χ0) is 16.0. The molecule has 1 heterocycles. The van der Waals surface area contributed by atoms with E-state index in [0.717, 1.165) is 9.75 Å². The lowest BCUT2D eigenvalue weighted by Gasteiger charge is -2.12. The second-order valence-corrected chi connectivity index (χ2v) is 6.61. The Labute approximate surface area is 128 Å². The van der Waals surface area contributed by atoms with E-state index >= 15 is 0 Å². The van der Waals surface area contributed by atoms with Gasteiger partial charge in [-0.25, -0.2) is 0 Å². The first-order valence-corrected chi connectivity index (χ1v) is 7.72. The number of thiophene rings is 1. The van der Waals surface area contributed by atoms with Gasteiger partial charge in [0.2, 0.25) is 5.91 Å². The number of hydrogen-bond acceptors (Lipinski definition) is 4. The van der Waals surface area contributed by atoms with E-state index in [1.807, 2.05) is 19.9 Å². The van der Waals surface area contributed by atoms with Crippen molar-refractivity contribution in [1.29, 1.82) is 0 Å². The van der Waals surface area contributed by atoms with Crippen LogP contribution in [0, 0.1) is 13.8 Å². The third kappa shape index (κ3) is 6.08. The fourth-order valence-corrected chi connectivity index (χ4v) is 2.97. The molecule has 1 aromatic rings. The summed E-state index contributed by atoms with van der Waals surface area (Å²) in [7, 11) is 0. The molecule has 1 rings (SSSR count). The Morgan fingerprint density at radius 3 is 2.43 bits per heavy atom. The molecule has 0 spiro atoms. The summed E-state index contributed by atoms with van der Waals surface area (Å²) < 4.78 is 0. The van der Waals surface area contributed by atoms with Gasteiger partial charge in [-0.3, -0.25) is 14.4 Å². The van der Waals surface area contributed by atoms with E-state index < -0.39 is 5.97 Å². The Bertz CT molecular complexity index is 536. The molecule has 5 nitrogen and oxygen atoms in total. The van der Waals surface area contributed by atoms with E-state index in [1.165, 1.54) is 0 Å². The minimum atomic E-state index is -0.880. The number of ketones is 1. The Balaban J connectivity index is 2.37. The molecule has 0 radical (unpaired) electrons.